The van der Waals surface area contributed by atoms with Crippen molar-refractivity contribution in [1.29, 1.82) is 0 Å². The Kier molecular flexibility index (Phi) is 1.75. The maximum atomic E-state index is 5.84. The van der Waals surface area contributed by atoms with Crippen LogP contribution in [0.4, 0.5) is 0 Å². The van der Waals surface area contributed by atoms with Gasteiger partial charge in [-0.3, -0.25) is 0 Å². The van der Waals surface area contributed by atoms with Crippen molar-refractivity contribution in [3.05, 3.63) is 55.2 Å². The van der Waals surface area contributed by atoms with E-state index in [1.165, 1.54) is 32.7 Å². The third-order valence-electron chi connectivity index (χ3n) is 5.70. The van der Waals surface area contributed by atoms with Crippen molar-refractivity contribution in [1.82, 2.24) is 8.97 Å². The van der Waals surface area contributed by atoms with Crippen LogP contribution in [0.5, 0.6) is 0 Å². The molecule has 0 spiro atoms. The highest BCUT2D eigenvalue weighted by Crippen LogP contribution is 2.43. The summed E-state index contributed by atoms with van der Waals surface area (Å²) in [5.41, 5.74) is 6.75. The lowest BCUT2D eigenvalue weighted by Crippen LogP contribution is -1.87. The standard InChI is InChI=1S/C21H12N2O2/c1-22-14-4-2-3-11-13-9-24-10-17(13)23-16-7-8-25-21(16)12-5-6-15(22)19(18(11)14)20(12)23/h2-10H,1H3. The molecule has 0 fully saturated rings. The van der Waals surface area contributed by atoms with Crippen molar-refractivity contribution < 1.29 is 8.83 Å². The molecule has 2 aromatic carbocycles. The first-order valence-electron chi connectivity index (χ1n) is 8.33. The van der Waals surface area contributed by atoms with Gasteiger partial charge in [0, 0.05) is 40.2 Å². The van der Waals surface area contributed by atoms with Crippen molar-refractivity contribution in [3.63, 3.8) is 0 Å². The molecule has 7 aromatic rings. The van der Waals surface area contributed by atoms with Crippen LogP contribution in [0, 0.1) is 0 Å². The molecule has 0 unspecified atom stereocenters. The predicted molar refractivity (Wildman–Crippen MR) is 99.6 cm³/mol. The summed E-state index contributed by atoms with van der Waals surface area (Å²) in [7, 11) is 2.13. The molecule has 0 saturated heterocycles. The van der Waals surface area contributed by atoms with Crippen molar-refractivity contribution >= 4 is 60.1 Å². The van der Waals surface area contributed by atoms with E-state index >= 15 is 0 Å². The van der Waals surface area contributed by atoms with Crippen LogP contribution in [0.2, 0.25) is 0 Å². The van der Waals surface area contributed by atoms with Crippen molar-refractivity contribution in [3.8, 4) is 0 Å². The van der Waals surface area contributed by atoms with Crippen LogP contribution >= 0.6 is 0 Å². The Morgan fingerprint density at radius 1 is 0.760 bits per heavy atom. The monoisotopic (exact) mass is 324 g/mol. The van der Waals surface area contributed by atoms with Crippen molar-refractivity contribution in [2.75, 3.05) is 0 Å². The predicted octanol–water partition coefficient (Wildman–Crippen LogP) is 5.67. The van der Waals surface area contributed by atoms with Gasteiger partial charge in [0.15, 0.2) is 5.58 Å². The Labute approximate surface area is 140 Å². The van der Waals surface area contributed by atoms with Gasteiger partial charge >= 0.3 is 0 Å². The number of benzene rings is 2. The number of rotatable bonds is 0. The Hall–Kier alpha value is -3.40. The Morgan fingerprint density at radius 3 is 2.64 bits per heavy atom. The fourth-order valence-corrected chi connectivity index (χ4v) is 4.67. The van der Waals surface area contributed by atoms with E-state index in [2.05, 4.69) is 46.3 Å². The molecule has 5 heterocycles. The highest BCUT2D eigenvalue weighted by atomic mass is 16.3. The van der Waals surface area contributed by atoms with E-state index in [-0.39, 0.29) is 0 Å². The molecule has 0 aliphatic carbocycles. The number of hydrogen-bond acceptors (Lipinski definition) is 2. The highest BCUT2D eigenvalue weighted by molar-refractivity contribution is 6.32. The minimum absolute atomic E-state index is 0.931. The van der Waals surface area contributed by atoms with Gasteiger partial charge < -0.3 is 17.8 Å². The van der Waals surface area contributed by atoms with Crippen LogP contribution in [0.15, 0.2) is 64.0 Å². The van der Waals surface area contributed by atoms with E-state index in [9.17, 15) is 0 Å². The van der Waals surface area contributed by atoms with Gasteiger partial charge in [-0.05, 0) is 23.6 Å². The van der Waals surface area contributed by atoms with E-state index in [1.807, 2.05) is 18.6 Å². The largest absolute Gasteiger partial charge is 0.470 e. The summed E-state index contributed by atoms with van der Waals surface area (Å²) in [6.07, 6.45) is 5.45. The Bertz CT molecular complexity index is 1600. The summed E-state index contributed by atoms with van der Waals surface area (Å²) < 4.78 is 16.0. The van der Waals surface area contributed by atoms with Gasteiger partial charge in [0.25, 0.3) is 0 Å². The fraction of sp³-hybridized carbons (Fsp3) is 0.0476. The highest BCUT2D eigenvalue weighted by Gasteiger charge is 2.22. The number of hydrogen-bond donors (Lipinski definition) is 0. The third kappa shape index (κ3) is 1.12. The van der Waals surface area contributed by atoms with E-state index in [0.29, 0.717) is 0 Å². The normalized spacial score (nSPS) is 13.0. The second-order valence-corrected chi connectivity index (χ2v) is 6.76. The SMILES string of the molecule is Cn1c2cccc3c4cocc4n4c5ccoc5c5ccc1c(c32)c54. The fourth-order valence-electron chi connectivity index (χ4n) is 4.67. The van der Waals surface area contributed by atoms with Crippen LogP contribution in [0.1, 0.15) is 0 Å². The first kappa shape index (κ1) is 12.0. The first-order valence-corrected chi connectivity index (χ1v) is 8.33. The van der Waals surface area contributed by atoms with E-state index < -0.39 is 0 Å². The molecule has 118 valence electrons. The quantitative estimate of drug-likeness (QED) is 0.360. The lowest BCUT2D eigenvalue weighted by atomic mass is 10.1. The lowest BCUT2D eigenvalue weighted by molar-refractivity contribution is 0.571. The van der Waals surface area contributed by atoms with Crippen LogP contribution in [-0.2, 0) is 7.05 Å². The van der Waals surface area contributed by atoms with Gasteiger partial charge in [0.05, 0.1) is 28.3 Å². The third-order valence-corrected chi connectivity index (χ3v) is 5.70. The molecule has 0 amide bonds. The van der Waals surface area contributed by atoms with Crippen LogP contribution in [-0.4, -0.2) is 8.97 Å². The van der Waals surface area contributed by atoms with E-state index in [4.69, 9.17) is 8.83 Å². The van der Waals surface area contributed by atoms with Gasteiger partial charge in [0.2, 0.25) is 0 Å². The molecule has 0 aliphatic rings. The van der Waals surface area contributed by atoms with Crippen LogP contribution in [0.3, 0.4) is 0 Å². The molecule has 4 heteroatoms. The number of furan rings is 2. The molecule has 4 nitrogen and oxygen atoms in total. The maximum Gasteiger partial charge on any atom is 0.159 e. The lowest BCUT2D eigenvalue weighted by Gasteiger charge is -2.00. The van der Waals surface area contributed by atoms with Gasteiger partial charge in [-0.15, -0.1) is 0 Å². The number of aromatic nitrogens is 2. The number of nitrogens with zero attached hydrogens (tertiary/aromatic N) is 2. The average Bonchev–Trinajstić information content (AvgIpc) is 3.36. The molecular weight excluding hydrogens is 312 g/mol. The molecule has 0 bridgehead atoms. The number of aryl methyl sites for hydroxylation is 1. The smallest absolute Gasteiger partial charge is 0.159 e. The Balaban J connectivity index is 2.10. The summed E-state index contributed by atoms with van der Waals surface area (Å²) in [5, 5.41) is 6.05. The van der Waals surface area contributed by atoms with E-state index in [0.717, 1.165) is 27.4 Å². The summed E-state index contributed by atoms with van der Waals surface area (Å²) in [6.45, 7) is 0. The minimum atomic E-state index is 0.931. The topological polar surface area (TPSA) is 35.6 Å². The van der Waals surface area contributed by atoms with Crippen LogP contribution < -0.4 is 0 Å². The maximum absolute atomic E-state index is 5.84. The van der Waals surface area contributed by atoms with Crippen LogP contribution in [0.25, 0.3) is 60.1 Å². The summed E-state index contributed by atoms with van der Waals surface area (Å²) in [4.78, 5) is 0. The molecule has 5 aromatic heterocycles. The average molecular weight is 324 g/mol. The molecule has 7 rings (SSSR count). The molecule has 0 atom stereocenters. The zero-order chi connectivity index (χ0) is 16.3. The zero-order valence-electron chi connectivity index (χ0n) is 13.4. The second kappa shape index (κ2) is 3.64. The van der Waals surface area contributed by atoms with Crippen molar-refractivity contribution in [2.45, 2.75) is 0 Å². The molecular formula is C21H12N2O2. The van der Waals surface area contributed by atoms with E-state index in [1.54, 1.807) is 6.26 Å². The van der Waals surface area contributed by atoms with Gasteiger partial charge in [-0.2, -0.15) is 0 Å². The molecule has 0 saturated carbocycles. The summed E-state index contributed by atoms with van der Waals surface area (Å²) >= 11 is 0. The molecule has 0 aliphatic heterocycles. The van der Waals surface area contributed by atoms with Gasteiger partial charge in [-0.25, -0.2) is 0 Å². The Morgan fingerprint density at radius 2 is 1.68 bits per heavy atom. The van der Waals surface area contributed by atoms with Gasteiger partial charge in [-0.1, -0.05) is 12.1 Å². The molecule has 0 radical (unpaired) electrons. The molecule has 0 N–H and O–H groups in total. The van der Waals surface area contributed by atoms with Gasteiger partial charge in [0.1, 0.15) is 12.5 Å². The summed E-state index contributed by atoms with van der Waals surface area (Å²) in [6, 6.07) is 12.9. The minimum Gasteiger partial charge on any atom is -0.470 e. The zero-order valence-corrected chi connectivity index (χ0v) is 13.4. The second-order valence-electron chi connectivity index (χ2n) is 6.76. The molecule has 25 heavy (non-hydrogen) atoms. The summed E-state index contributed by atoms with van der Waals surface area (Å²) in [5.74, 6) is 0. The van der Waals surface area contributed by atoms with Crippen molar-refractivity contribution in [2.24, 2.45) is 7.05 Å². The first-order chi connectivity index (χ1) is 12.3. The number of fused-ring (bicyclic) bond motifs is 6.